The Labute approximate surface area is 104 Å². The Bertz CT molecular complexity index is 343. The number of para-hydroxylation sites is 1. The first-order chi connectivity index (χ1) is 8.31. The van der Waals surface area contributed by atoms with Crippen molar-refractivity contribution >= 4 is 5.69 Å². The summed E-state index contributed by atoms with van der Waals surface area (Å²) in [5.41, 5.74) is 8.28. The summed E-state index contributed by atoms with van der Waals surface area (Å²) in [4.78, 5) is 2.50. The van der Waals surface area contributed by atoms with Gasteiger partial charge in [-0.1, -0.05) is 18.2 Å². The topological polar surface area (TPSA) is 41.3 Å². The van der Waals surface area contributed by atoms with E-state index in [0.29, 0.717) is 6.04 Å². The molecule has 17 heavy (non-hydrogen) atoms. The van der Waals surface area contributed by atoms with Crippen molar-refractivity contribution in [1.82, 2.24) is 5.32 Å². The fraction of sp³-hybridized carbons (Fsp3) is 0.571. The summed E-state index contributed by atoms with van der Waals surface area (Å²) in [6.07, 6.45) is 2.43. The van der Waals surface area contributed by atoms with Gasteiger partial charge in [0.1, 0.15) is 0 Å². The average molecular weight is 233 g/mol. The Kier molecular flexibility index (Phi) is 4.40. The molecule has 2 rings (SSSR count). The fourth-order valence-electron chi connectivity index (χ4n) is 2.53. The minimum atomic E-state index is 0.652. The lowest BCUT2D eigenvalue weighted by molar-refractivity contribution is 0.419. The third kappa shape index (κ3) is 3.20. The second-order valence-electron chi connectivity index (χ2n) is 4.79. The molecule has 1 aromatic carbocycles. The standard InChI is InChI=1S/C14H23N3/c1-12-4-2-3-5-14(12)17-10-6-13(7-11-17)16-9-8-15/h2-5,13,16H,6-11,15H2,1H3. The smallest absolute Gasteiger partial charge is 0.0395 e. The van der Waals surface area contributed by atoms with Crippen LogP contribution in [-0.4, -0.2) is 32.2 Å². The van der Waals surface area contributed by atoms with Crippen molar-refractivity contribution in [3.63, 3.8) is 0 Å². The lowest BCUT2D eigenvalue weighted by Gasteiger charge is -2.34. The minimum Gasteiger partial charge on any atom is -0.371 e. The van der Waals surface area contributed by atoms with Crippen LogP contribution in [0.4, 0.5) is 5.69 Å². The Morgan fingerprint density at radius 2 is 2.00 bits per heavy atom. The van der Waals surface area contributed by atoms with Gasteiger partial charge < -0.3 is 16.0 Å². The van der Waals surface area contributed by atoms with E-state index in [9.17, 15) is 0 Å². The molecule has 0 bridgehead atoms. The number of rotatable bonds is 4. The number of nitrogens with one attached hydrogen (secondary N) is 1. The number of hydrogen-bond donors (Lipinski definition) is 2. The number of benzene rings is 1. The summed E-state index contributed by atoms with van der Waals surface area (Å²) in [6, 6.07) is 9.30. The normalized spacial score (nSPS) is 17.4. The molecule has 0 radical (unpaired) electrons. The molecule has 1 aromatic rings. The van der Waals surface area contributed by atoms with Crippen LogP contribution in [-0.2, 0) is 0 Å². The Hall–Kier alpha value is -1.06. The number of nitrogens with two attached hydrogens (primary N) is 1. The highest BCUT2D eigenvalue weighted by Gasteiger charge is 2.19. The van der Waals surface area contributed by atoms with Gasteiger partial charge >= 0.3 is 0 Å². The van der Waals surface area contributed by atoms with Crippen LogP contribution in [0.5, 0.6) is 0 Å². The van der Waals surface area contributed by atoms with E-state index < -0.39 is 0 Å². The maximum Gasteiger partial charge on any atom is 0.0395 e. The third-order valence-electron chi connectivity index (χ3n) is 3.53. The van der Waals surface area contributed by atoms with Crippen LogP contribution in [0.2, 0.25) is 0 Å². The predicted octanol–water partition coefficient (Wildman–Crippen LogP) is 1.51. The van der Waals surface area contributed by atoms with Crippen LogP contribution >= 0.6 is 0 Å². The van der Waals surface area contributed by atoms with E-state index in [0.717, 1.165) is 26.2 Å². The van der Waals surface area contributed by atoms with Crippen molar-refractivity contribution in [3.05, 3.63) is 29.8 Å². The quantitative estimate of drug-likeness (QED) is 0.828. The first-order valence-electron chi connectivity index (χ1n) is 6.55. The van der Waals surface area contributed by atoms with Crippen LogP contribution < -0.4 is 16.0 Å². The minimum absolute atomic E-state index is 0.652. The zero-order valence-corrected chi connectivity index (χ0v) is 10.7. The van der Waals surface area contributed by atoms with Gasteiger partial charge in [0, 0.05) is 37.9 Å². The summed E-state index contributed by atoms with van der Waals surface area (Å²) in [7, 11) is 0. The molecule has 94 valence electrons. The van der Waals surface area contributed by atoms with Gasteiger partial charge in [-0.05, 0) is 31.4 Å². The molecular weight excluding hydrogens is 210 g/mol. The summed E-state index contributed by atoms with van der Waals surface area (Å²) < 4.78 is 0. The molecule has 3 N–H and O–H groups in total. The molecule has 3 heteroatoms. The van der Waals surface area contributed by atoms with Crippen molar-refractivity contribution in [1.29, 1.82) is 0 Å². The number of anilines is 1. The zero-order chi connectivity index (χ0) is 12.1. The SMILES string of the molecule is Cc1ccccc1N1CCC(NCCN)CC1. The summed E-state index contributed by atoms with van der Waals surface area (Å²) in [6.45, 7) is 6.15. The Morgan fingerprint density at radius 1 is 1.29 bits per heavy atom. The highest BCUT2D eigenvalue weighted by molar-refractivity contribution is 5.53. The van der Waals surface area contributed by atoms with Gasteiger partial charge in [0.15, 0.2) is 0 Å². The number of nitrogens with zero attached hydrogens (tertiary/aromatic N) is 1. The van der Waals surface area contributed by atoms with E-state index in [1.54, 1.807) is 0 Å². The molecule has 1 heterocycles. The van der Waals surface area contributed by atoms with E-state index >= 15 is 0 Å². The fourth-order valence-corrected chi connectivity index (χ4v) is 2.53. The van der Waals surface area contributed by atoms with Gasteiger partial charge in [0.25, 0.3) is 0 Å². The monoisotopic (exact) mass is 233 g/mol. The maximum absolute atomic E-state index is 5.51. The van der Waals surface area contributed by atoms with Gasteiger partial charge in [-0.2, -0.15) is 0 Å². The predicted molar refractivity (Wildman–Crippen MR) is 73.5 cm³/mol. The molecule has 0 aliphatic carbocycles. The van der Waals surface area contributed by atoms with E-state index in [1.807, 2.05) is 0 Å². The van der Waals surface area contributed by atoms with E-state index in [-0.39, 0.29) is 0 Å². The van der Waals surface area contributed by atoms with Crippen molar-refractivity contribution in [3.8, 4) is 0 Å². The molecule has 3 nitrogen and oxygen atoms in total. The zero-order valence-electron chi connectivity index (χ0n) is 10.7. The molecule has 0 amide bonds. The van der Waals surface area contributed by atoms with Crippen LogP contribution in [0.15, 0.2) is 24.3 Å². The molecule has 1 saturated heterocycles. The van der Waals surface area contributed by atoms with Gasteiger partial charge in [0.05, 0.1) is 0 Å². The summed E-state index contributed by atoms with van der Waals surface area (Å²) >= 11 is 0. The van der Waals surface area contributed by atoms with Gasteiger partial charge in [0.2, 0.25) is 0 Å². The lowest BCUT2D eigenvalue weighted by Crippen LogP contribution is -2.44. The average Bonchev–Trinajstić information content (AvgIpc) is 2.38. The number of aryl methyl sites for hydroxylation is 1. The summed E-state index contributed by atoms with van der Waals surface area (Å²) in [5, 5.41) is 3.51. The second kappa shape index (κ2) is 6.03. The van der Waals surface area contributed by atoms with Crippen molar-refractivity contribution in [2.24, 2.45) is 5.73 Å². The van der Waals surface area contributed by atoms with E-state index in [4.69, 9.17) is 5.73 Å². The van der Waals surface area contributed by atoms with E-state index in [2.05, 4.69) is 41.4 Å². The lowest BCUT2D eigenvalue weighted by atomic mass is 10.0. The maximum atomic E-state index is 5.51. The number of hydrogen-bond acceptors (Lipinski definition) is 3. The first-order valence-corrected chi connectivity index (χ1v) is 6.55. The Morgan fingerprint density at radius 3 is 2.65 bits per heavy atom. The third-order valence-corrected chi connectivity index (χ3v) is 3.53. The molecule has 0 unspecified atom stereocenters. The van der Waals surface area contributed by atoms with Gasteiger partial charge in [-0.3, -0.25) is 0 Å². The Balaban J connectivity index is 1.89. The molecule has 0 aromatic heterocycles. The highest BCUT2D eigenvalue weighted by Crippen LogP contribution is 2.23. The molecule has 1 aliphatic rings. The van der Waals surface area contributed by atoms with Gasteiger partial charge in [-0.25, -0.2) is 0 Å². The van der Waals surface area contributed by atoms with Crippen LogP contribution in [0.1, 0.15) is 18.4 Å². The largest absolute Gasteiger partial charge is 0.371 e. The van der Waals surface area contributed by atoms with Crippen LogP contribution in [0.25, 0.3) is 0 Å². The van der Waals surface area contributed by atoms with Crippen molar-refractivity contribution in [2.75, 3.05) is 31.1 Å². The second-order valence-corrected chi connectivity index (χ2v) is 4.79. The van der Waals surface area contributed by atoms with Gasteiger partial charge in [-0.15, -0.1) is 0 Å². The van der Waals surface area contributed by atoms with Crippen LogP contribution in [0.3, 0.4) is 0 Å². The molecule has 1 fully saturated rings. The van der Waals surface area contributed by atoms with Crippen molar-refractivity contribution < 1.29 is 0 Å². The van der Waals surface area contributed by atoms with Crippen LogP contribution in [0, 0.1) is 6.92 Å². The number of piperidine rings is 1. The molecular formula is C14H23N3. The van der Waals surface area contributed by atoms with Crippen molar-refractivity contribution in [2.45, 2.75) is 25.8 Å². The molecule has 1 aliphatic heterocycles. The molecule has 0 saturated carbocycles. The van der Waals surface area contributed by atoms with E-state index in [1.165, 1.54) is 24.1 Å². The molecule has 0 atom stereocenters. The highest BCUT2D eigenvalue weighted by atomic mass is 15.1. The molecule has 0 spiro atoms. The first kappa shape index (κ1) is 12.4. The summed E-state index contributed by atoms with van der Waals surface area (Å²) in [5.74, 6) is 0.